The zero-order valence-corrected chi connectivity index (χ0v) is 18.4. The van der Waals surface area contributed by atoms with E-state index in [0.717, 1.165) is 37.9 Å². The fraction of sp³-hybridized carbons (Fsp3) is 0.682. The van der Waals surface area contributed by atoms with Crippen molar-refractivity contribution in [2.24, 2.45) is 5.92 Å². The maximum Gasteiger partial charge on any atom is 0.226 e. The fourth-order valence-corrected chi connectivity index (χ4v) is 7.69. The van der Waals surface area contributed by atoms with Crippen LogP contribution in [0.2, 0.25) is 18.6 Å². The van der Waals surface area contributed by atoms with Crippen molar-refractivity contribution in [1.29, 1.82) is 0 Å². The van der Waals surface area contributed by atoms with Crippen LogP contribution in [-0.2, 0) is 16.0 Å². The Morgan fingerprint density at radius 2 is 1.86 bits per heavy atom. The van der Waals surface area contributed by atoms with Gasteiger partial charge in [-0.15, -0.1) is 0 Å². The number of hydrogen-bond donors (Lipinski definition) is 2. The number of aliphatic hydroxyl groups is 1. The van der Waals surface area contributed by atoms with Gasteiger partial charge in [0.2, 0.25) is 5.91 Å². The molecule has 2 N–H and O–H groups in total. The number of carbonyl (C=O) groups is 1. The van der Waals surface area contributed by atoms with Crippen LogP contribution in [0, 0.1) is 5.92 Å². The molecule has 0 saturated carbocycles. The first-order valence-electron chi connectivity index (χ1n) is 10.7. The average molecular weight is 406 g/mol. The number of ether oxygens (including phenoxy) is 1. The normalized spacial score (nSPS) is 28.8. The first kappa shape index (κ1) is 21.5. The van der Waals surface area contributed by atoms with E-state index in [4.69, 9.17) is 4.74 Å². The van der Waals surface area contributed by atoms with Crippen molar-refractivity contribution >= 4 is 19.9 Å². The van der Waals surface area contributed by atoms with Crippen LogP contribution >= 0.6 is 0 Å². The lowest BCUT2D eigenvalue weighted by molar-refractivity contribution is -0.119. The molecule has 0 radical (unpaired) electrons. The Labute approximate surface area is 169 Å². The van der Waals surface area contributed by atoms with Crippen LogP contribution in [0.1, 0.15) is 44.6 Å². The van der Waals surface area contributed by atoms with Gasteiger partial charge in [0.05, 0.1) is 12.2 Å². The van der Waals surface area contributed by atoms with E-state index >= 15 is 0 Å². The maximum absolute atomic E-state index is 12.1. The van der Waals surface area contributed by atoms with Gasteiger partial charge in [0.15, 0.2) is 8.32 Å². The Balaban J connectivity index is 1.60. The number of nitrogens with zero attached hydrogens (tertiary/aromatic N) is 1. The van der Waals surface area contributed by atoms with Gasteiger partial charge in [-0.2, -0.15) is 0 Å². The lowest BCUT2D eigenvalue weighted by Crippen LogP contribution is -2.40. The molecule has 3 rings (SSSR count). The van der Waals surface area contributed by atoms with Crippen molar-refractivity contribution in [1.82, 2.24) is 0 Å². The third kappa shape index (κ3) is 4.85. The summed E-state index contributed by atoms with van der Waals surface area (Å²) in [5, 5.41) is 9.37. The molecule has 1 aromatic carbocycles. The Morgan fingerprint density at radius 1 is 1.14 bits per heavy atom. The third-order valence-corrected chi connectivity index (χ3v) is 8.95. The molecule has 2 saturated heterocycles. The fourth-order valence-electron chi connectivity index (χ4n) is 5.04. The van der Waals surface area contributed by atoms with Gasteiger partial charge in [-0.25, -0.2) is 0 Å². The molecule has 5 nitrogen and oxygen atoms in total. The van der Waals surface area contributed by atoms with E-state index in [-0.39, 0.29) is 30.3 Å². The number of piperidine rings is 1. The highest BCUT2D eigenvalue weighted by Crippen LogP contribution is 2.45. The molecule has 2 heterocycles. The molecule has 0 spiro atoms. The number of carbonyl (C=O) groups excluding carboxylic acids is 1. The lowest BCUT2D eigenvalue weighted by atomic mass is 9.95. The Bertz CT molecular complexity index is 657. The topological polar surface area (TPSA) is 70.0 Å². The molecule has 1 amide bonds. The molecule has 0 unspecified atom stereocenters. The quantitative estimate of drug-likeness (QED) is 0.681. The summed E-state index contributed by atoms with van der Waals surface area (Å²) in [5.41, 5.74) is 2.40. The molecule has 2 aliphatic rings. The van der Waals surface area contributed by atoms with E-state index in [1.54, 1.807) is 0 Å². The van der Waals surface area contributed by atoms with Crippen LogP contribution < -0.4 is 4.90 Å². The number of anilines is 1. The smallest absolute Gasteiger partial charge is 0.226 e. The standard InChI is InChI=1S/C22H35NO4Si/c1-16-19(27-20(13-15-24)22(16)28(2,3)26)12-9-17-7-10-18(11-8-17)23-14-5-4-6-21(23)25/h7-8,10-11,16,19-20,22,24,26H,4-6,9,12-15H2,1-3H3/t16-,19+,20-,22+/m1/s1. The molecule has 0 bridgehead atoms. The van der Waals surface area contributed by atoms with Gasteiger partial charge in [0.25, 0.3) is 0 Å². The minimum Gasteiger partial charge on any atom is -0.432 e. The van der Waals surface area contributed by atoms with E-state index in [9.17, 15) is 14.7 Å². The molecule has 1 aromatic rings. The van der Waals surface area contributed by atoms with Crippen molar-refractivity contribution in [2.45, 2.75) is 76.3 Å². The number of benzene rings is 1. The molecule has 156 valence electrons. The largest absolute Gasteiger partial charge is 0.432 e. The third-order valence-electron chi connectivity index (χ3n) is 6.42. The summed E-state index contributed by atoms with van der Waals surface area (Å²) in [4.78, 5) is 24.7. The van der Waals surface area contributed by atoms with E-state index in [1.165, 1.54) is 5.56 Å². The van der Waals surface area contributed by atoms with Gasteiger partial charge in [-0.1, -0.05) is 19.1 Å². The highest BCUT2D eigenvalue weighted by Gasteiger charge is 2.49. The van der Waals surface area contributed by atoms with Crippen molar-refractivity contribution < 1.29 is 19.4 Å². The summed E-state index contributed by atoms with van der Waals surface area (Å²) in [6.45, 7) is 7.06. The molecular weight excluding hydrogens is 370 g/mol. The Hall–Kier alpha value is -1.21. The highest BCUT2D eigenvalue weighted by atomic mass is 28.4. The maximum atomic E-state index is 12.1. The number of hydrogen-bond acceptors (Lipinski definition) is 4. The lowest BCUT2D eigenvalue weighted by Gasteiger charge is -2.30. The van der Waals surface area contributed by atoms with Gasteiger partial charge in [0.1, 0.15) is 0 Å². The summed E-state index contributed by atoms with van der Waals surface area (Å²) in [6.07, 6.45) is 5.22. The number of aliphatic hydroxyl groups excluding tert-OH is 1. The second-order valence-electron chi connectivity index (χ2n) is 8.97. The average Bonchev–Trinajstić information content (AvgIpc) is 2.97. The summed E-state index contributed by atoms with van der Waals surface area (Å²) >= 11 is 0. The minimum atomic E-state index is -2.34. The predicted octanol–water partition coefficient (Wildman–Crippen LogP) is 3.49. The summed E-state index contributed by atoms with van der Waals surface area (Å²) < 4.78 is 6.27. The zero-order valence-electron chi connectivity index (χ0n) is 17.4. The van der Waals surface area contributed by atoms with Gasteiger partial charge in [-0.3, -0.25) is 4.79 Å². The van der Waals surface area contributed by atoms with Crippen LogP contribution in [0.4, 0.5) is 5.69 Å². The molecule has 2 fully saturated rings. The van der Waals surface area contributed by atoms with Crippen LogP contribution in [0.25, 0.3) is 0 Å². The van der Waals surface area contributed by atoms with E-state index in [1.807, 2.05) is 18.0 Å². The van der Waals surface area contributed by atoms with Gasteiger partial charge in [0, 0.05) is 30.8 Å². The number of rotatable bonds is 7. The first-order chi connectivity index (χ1) is 13.3. The van der Waals surface area contributed by atoms with E-state index < -0.39 is 8.32 Å². The molecule has 28 heavy (non-hydrogen) atoms. The molecule has 0 aromatic heterocycles. The van der Waals surface area contributed by atoms with Crippen LogP contribution in [0.5, 0.6) is 0 Å². The SMILES string of the molecule is C[C@H]1[C@H]([Si](C)(C)O)[C@@H](CCO)O[C@H]1CCc1ccc(N2CCCCC2=O)cc1. The van der Waals surface area contributed by atoms with Crippen LogP contribution in [-0.4, -0.2) is 49.5 Å². The molecular formula is C22H35NO4Si. The summed E-state index contributed by atoms with van der Waals surface area (Å²) in [6, 6.07) is 8.34. The van der Waals surface area contributed by atoms with Gasteiger partial charge >= 0.3 is 0 Å². The molecule has 0 aliphatic carbocycles. The molecule has 4 atom stereocenters. The first-order valence-corrected chi connectivity index (χ1v) is 13.7. The van der Waals surface area contributed by atoms with Crippen molar-refractivity contribution in [3.05, 3.63) is 29.8 Å². The van der Waals surface area contributed by atoms with Crippen molar-refractivity contribution in [2.75, 3.05) is 18.1 Å². The molecule has 6 heteroatoms. The minimum absolute atomic E-state index is 0.0378. The predicted molar refractivity (Wildman–Crippen MR) is 114 cm³/mol. The Morgan fingerprint density at radius 3 is 2.46 bits per heavy atom. The van der Waals surface area contributed by atoms with Crippen molar-refractivity contribution in [3.63, 3.8) is 0 Å². The van der Waals surface area contributed by atoms with Crippen LogP contribution in [0.15, 0.2) is 24.3 Å². The monoisotopic (exact) mass is 405 g/mol. The number of amides is 1. The Kier molecular flexibility index (Phi) is 6.97. The van der Waals surface area contributed by atoms with Gasteiger partial charge < -0.3 is 19.5 Å². The van der Waals surface area contributed by atoms with E-state index in [2.05, 4.69) is 31.2 Å². The second kappa shape index (κ2) is 9.07. The van der Waals surface area contributed by atoms with Crippen molar-refractivity contribution in [3.8, 4) is 0 Å². The number of aryl methyl sites for hydroxylation is 1. The highest BCUT2D eigenvalue weighted by molar-refractivity contribution is 6.71. The summed E-state index contributed by atoms with van der Waals surface area (Å²) in [5.74, 6) is 0.525. The zero-order chi connectivity index (χ0) is 20.3. The van der Waals surface area contributed by atoms with E-state index in [0.29, 0.717) is 18.8 Å². The molecule has 2 aliphatic heterocycles. The van der Waals surface area contributed by atoms with Crippen LogP contribution in [0.3, 0.4) is 0 Å². The summed E-state index contributed by atoms with van der Waals surface area (Å²) in [7, 11) is -2.34. The van der Waals surface area contributed by atoms with Gasteiger partial charge in [-0.05, 0) is 68.8 Å². The second-order valence-corrected chi connectivity index (χ2v) is 12.9.